The fourth-order valence-corrected chi connectivity index (χ4v) is 3.45. The summed E-state index contributed by atoms with van der Waals surface area (Å²) in [6, 6.07) is 10.5. The van der Waals surface area contributed by atoms with Crippen LogP contribution >= 0.6 is 0 Å². The number of carbonyl (C=O) groups is 1. The summed E-state index contributed by atoms with van der Waals surface area (Å²) in [6.45, 7) is 2.99. The van der Waals surface area contributed by atoms with Gasteiger partial charge in [0.05, 0.1) is 19.7 Å². The Morgan fingerprint density at radius 2 is 2.04 bits per heavy atom. The van der Waals surface area contributed by atoms with Crippen LogP contribution < -0.4 is 4.74 Å². The van der Waals surface area contributed by atoms with E-state index in [2.05, 4.69) is 43.9 Å². The van der Waals surface area contributed by atoms with Gasteiger partial charge < -0.3 is 14.2 Å². The third-order valence-corrected chi connectivity index (χ3v) is 4.68. The number of nitrogens with zero attached hydrogens (tertiary/aromatic N) is 7. The lowest BCUT2D eigenvalue weighted by molar-refractivity contribution is 0.0667. The van der Waals surface area contributed by atoms with Gasteiger partial charge in [-0.3, -0.25) is 4.79 Å². The van der Waals surface area contributed by atoms with Gasteiger partial charge in [0.15, 0.2) is 5.82 Å². The maximum atomic E-state index is 12.8. The first-order valence-corrected chi connectivity index (χ1v) is 8.77. The molecule has 4 rings (SSSR count). The van der Waals surface area contributed by atoms with Crippen LogP contribution in [0.25, 0.3) is 0 Å². The molecule has 0 aliphatic carbocycles. The van der Waals surface area contributed by atoms with Crippen molar-refractivity contribution in [2.75, 3.05) is 13.7 Å². The van der Waals surface area contributed by atoms with Crippen molar-refractivity contribution in [3.63, 3.8) is 0 Å². The number of hydrogen-bond donors (Lipinski definition) is 0. The molecule has 1 amide bonds. The van der Waals surface area contributed by atoms with Crippen LogP contribution in [0.4, 0.5) is 0 Å². The molecular weight excluding hydrogens is 346 g/mol. The van der Waals surface area contributed by atoms with Crippen LogP contribution in [-0.2, 0) is 20.0 Å². The summed E-state index contributed by atoms with van der Waals surface area (Å²) in [7, 11) is 3.19. The van der Waals surface area contributed by atoms with E-state index in [1.54, 1.807) is 11.9 Å². The van der Waals surface area contributed by atoms with Crippen molar-refractivity contribution >= 4 is 5.91 Å². The number of methoxy groups -OCH3 is 1. The Kier molecular flexibility index (Phi) is 4.35. The molecular formula is C18H21N7O2. The van der Waals surface area contributed by atoms with Crippen molar-refractivity contribution in [3.8, 4) is 6.01 Å². The Morgan fingerprint density at radius 1 is 1.26 bits per heavy atom. The van der Waals surface area contributed by atoms with E-state index in [1.165, 1.54) is 17.4 Å². The monoisotopic (exact) mass is 367 g/mol. The van der Waals surface area contributed by atoms with Gasteiger partial charge in [0.1, 0.15) is 5.82 Å². The van der Waals surface area contributed by atoms with E-state index < -0.39 is 0 Å². The van der Waals surface area contributed by atoms with Gasteiger partial charge in [-0.05, 0) is 12.5 Å². The van der Waals surface area contributed by atoms with Crippen molar-refractivity contribution in [2.45, 2.75) is 25.9 Å². The fraction of sp³-hybridized carbons (Fsp3) is 0.389. The van der Waals surface area contributed by atoms with E-state index in [1.807, 2.05) is 18.2 Å². The molecule has 140 valence electrons. The molecule has 0 bridgehead atoms. The van der Waals surface area contributed by atoms with E-state index in [-0.39, 0.29) is 17.8 Å². The van der Waals surface area contributed by atoms with Gasteiger partial charge in [-0.1, -0.05) is 30.3 Å². The maximum absolute atomic E-state index is 12.8. The molecule has 3 aromatic rings. The standard InChI is InChI=1S/C18H21N7O2/c1-12-10-24(17(26)16-19-18(27-3)23(2)22-16)11-15-21-20-14(25(12)15)9-13-7-5-4-6-8-13/h4-8,12H,9-11H2,1-3H3/t12-/m0/s1. The van der Waals surface area contributed by atoms with Crippen LogP contribution in [0.2, 0.25) is 0 Å². The second-order valence-electron chi connectivity index (χ2n) is 6.65. The molecule has 1 aromatic carbocycles. The molecule has 9 heteroatoms. The van der Waals surface area contributed by atoms with Crippen molar-refractivity contribution in [1.82, 2.24) is 34.4 Å². The Morgan fingerprint density at radius 3 is 2.74 bits per heavy atom. The van der Waals surface area contributed by atoms with Crippen LogP contribution in [0.5, 0.6) is 6.01 Å². The van der Waals surface area contributed by atoms with Gasteiger partial charge in [0, 0.05) is 20.0 Å². The number of amides is 1. The van der Waals surface area contributed by atoms with Crippen LogP contribution in [0.15, 0.2) is 30.3 Å². The number of carbonyl (C=O) groups excluding carboxylic acids is 1. The highest BCUT2D eigenvalue weighted by Crippen LogP contribution is 2.24. The van der Waals surface area contributed by atoms with E-state index >= 15 is 0 Å². The minimum atomic E-state index is -0.236. The van der Waals surface area contributed by atoms with Crippen molar-refractivity contribution in [1.29, 1.82) is 0 Å². The predicted octanol–water partition coefficient (Wildman–Crippen LogP) is 1.22. The lowest BCUT2D eigenvalue weighted by atomic mass is 10.1. The first-order valence-electron chi connectivity index (χ1n) is 8.77. The molecule has 0 spiro atoms. The SMILES string of the molecule is COc1nc(C(=O)N2Cc3nnc(Cc4ccccc4)n3[C@@H](C)C2)nn1C. The molecule has 27 heavy (non-hydrogen) atoms. The normalized spacial score (nSPS) is 16.3. The lowest BCUT2D eigenvalue weighted by Gasteiger charge is -2.31. The van der Waals surface area contributed by atoms with Crippen LogP contribution in [0.3, 0.4) is 0 Å². The van der Waals surface area contributed by atoms with Crippen molar-refractivity contribution < 1.29 is 9.53 Å². The Bertz CT molecular complexity index is 964. The Labute approximate surface area is 156 Å². The number of aromatic nitrogens is 6. The Balaban J connectivity index is 1.56. The van der Waals surface area contributed by atoms with Gasteiger partial charge in [0.25, 0.3) is 5.91 Å². The first kappa shape index (κ1) is 17.2. The minimum absolute atomic E-state index is 0.0667. The average Bonchev–Trinajstić information content (AvgIpc) is 3.25. The molecule has 0 radical (unpaired) electrons. The number of rotatable bonds is 4. The fourth-order valence-electron chi connectivity index (χ4n) is 3.45. The Hall–Kier alpha value is -3.23. The molecule has 0 saturated carbocycles. The van der Waals surface area contributed by atoms with Gasteiger partial charge in [0.2, 0.25) is 5.82 Å². The number of benzene rings is 1. The quantitative estimate of drug-likeness (QED) is 0.689. The van der Waals surface area contributed by atoms with Crippen molar-refractivity contribution in [3.05, 3.63) is 53.4 Å². The summed E-state index contributed by atoms with van der Waals surface area (Å²) in [5, 5.41) is 12.8. The molecule has 0 unspecified atom stereocenters. The molecule has 0 saturated heterocycles. The third kappa shape index (κ3) is 3.16. The second kappa shape index (κ2) is 6.82. The molecule has 3 heterocycles. The number of fused-ring (bicyclic) bond motifs is 1. The summed E-state index contributed by atoms with van der Waals surface area (Å²) in [5.74, 6) is 1.57. The van der Waals surface area contributed by atoms with Crippen molar-refractivity contribution in [2.24, 2.45) is 7.05 Å². The topological polar surface area (TPSA) is 91.0 Å². The maximum Gasteiger partial charge on any atom is 0.314 e. The zero-order chi connectivity index (χ0) is 19.0. The number of hydrogen-bond acceptors (Lipinski definition) is 6. The average molecular weight is 367 g/mol. The van der Waals surface area contributed by atoms with E-state index in [0.717, 1.165) is 11.6 Å². The van der Waals surface area contributed by atoms with Crippen LogP contribution in [-0.4, -0.2) is 54.0 Å². The summed E-state index contributed by atoms with van der Waals surface area (Å²) < 4.78 is 8.67. The number of aryl methyl sites for hydroxylation is 1. The summed E-state index contributed by atoms with van der Waals surface area (Å²) in [6.07, 6.45) is 0.713. The highest BCUT2D eigenvalue weighted by Gasteiger charge is 2.31. The van der Waals surface area contributed by atoms with Gasteiger partial charge in [-0.15, -0.1) is 15.3 Å². The first-order chi connectivity index (χ1) is 13.1. The summed E-state index contributed by atoms with van der Waals surface area (Å²) in [5.41, 5.74) is 1.18. The molecule has 0 N–H and O–H groups in total. The molecule has 1 aliphatic rings. The highest BCUT2D eigenvalue weighted by atomic mass is 16.5. The molecule has 9 nitrogen and oxygen atoms in total. The highest BCUT2D eigenvalue weighted by molar-refractivity contribution is 5.90. The zero-order valence-electron chi connectivity index (χ0n) is 15.5. The van der Waals surface area contributed by atoms with E-state index in [0.29, 0.717) is 25.5 Å². The lowest BCUT2D eigenvalue weighted by Crippen LogP contribution is -2.41. The molecule has 0 fully saturated rings. The second-order valence-corrected chi connectivity index (χ2v) is 6.65. The zero-order valence-corrected chi connectivity index (χ0v) is 15.5. The smallest absolute Gasteiger partial charge is 0.314 e. The van der Waals surface area contributed by atoms with Gasteiger partial charge >= 0.3 is 6.01 Å². The molecule has 1 atom stereocenters. The van der Waals surface area contributed by atoms with Gasteiger partial charge in [-0.2, -0.15) is 4.98 Å². The van der Waals surface area contributed by atoms with E-state index in [9.17, 15) is 4.79 Å². The number of ether oxygens (including phenoxy) is 1. The third-order valence-electron chi connectivity index (χ3n) is 4.68. The van der Waals surface area contributed by atoms with E-state index in [4.69, 9.17) is 4.74 Å². The largest absolute Gasteiger partial charge is 0.467 e. The van der Waals surface area contributed by atoms with Gasteiger partial charge in [-0.25, -0.2) is 4.68 Å². The van der Waals surface area contributed by atoms with Crippen LogP contribution in [0, 0.1) is 0 Å². The predicted molar refractivity (Wildman–Crippen MR) is 96.3 cm³/mol. The van der Waals surface area contributed by atoms with Crippen LogP contribution in [0.1, 0.15) is 40.8 Å². The summed E-state index contributed by atoms with van der Waals surface area (Å²) in [4.78, 5) is 18.7. The molecule has 1 aliphatic heterocycles. The minimum Gasteiger partial charge on any atom is -0.467 e. The molecule has 2 aromatic heterocycles. The summed E-state index contributed by atoms with van der Waals surface area (Å²) >= 11 is 0.